The van der Waals surface area contributed by atoms with Crippen LogP contribution >= 0.6 is 0 Å². The molecule has 0 atom stereocenters. The minimum atomic E-state index is -0.525. The fourth-order valence-electron chi connectivity index (χ4n) is 1.60. The highest BCUT2D eigenvalue weighted by atomic mass is 16.5. The zero-order chi connectivity index (χ0) is 16.9. The Morgan fingerprint density at radius 3 is 2.50 bits per heavy atom. The summed E-state index contributed by atoms with van der Waals surface area (Å²) in [7, 11) is 0. The van der Waals surface area contributed by atoms with Crippen LogP contribution in [0.25, 0.3) is 6.08 Å². The highest BCUT2D eigenvalue weighted by Gasteiger charge is 2.22. The minimum Gasteiger partial charge on any atom is -0.463 e. The van der Waals surface area contributed by atoms with E-state index < -0.39 is 11.4 Å². The molecular formula is C17H24N2O3. The van der Waals surface area contributed by atoms with Crippen molar-refractivity contribution in [3.8, 4) is 0 Å². The average Bonchev–Trinajstić information content (AvgIpc) is 2.40. The number of nitrogens with zero attached hydrogens (tertiary/aromatic N) is 1. The van der Waals surface area contributed by atoms with E-state index in [0.29, 0.717) is 18.0 Å². The predicted octanol–water partition coefficient (Wildman–Crippen LogP) is 3.26. The van der Waals surface area contributed by atoms with Gasteiger partial charge < -0.3 is 10.1 Å². The zero-order valence-electron chi connectivity index (χ0n) is 14.1. The number of aryl methyl sites for hydroxylation is 2. The summed E-state index contributed by atoms with van der Waals surface area (Å²) in [5, 5.41) is 2.82. The van der Waals surface area contributed by atoms with Crippen LogP contribution in [0.4, 0.5) is 5.82 Å². The van der Waals surface area contributed by atoms with Crippen LogP contribution in [0, 0.1) is 19.3 Å². The number of esters is 1. The molecular weight excluding hydrogens is 280 g/mol. The van der Waals surface area contributed by atoms with Gasteiger partial charge in [0.05, 0.1) is 6.61 Å². The van der Waals surface area contributed by atoms with Gasteiger partial charge in [-0.05, 0) is 38.5 Å². The lowest BCUT2D eigenvalue weighted by Gasteiger charge is -2.19. The van der Waals surface area contributed by atoms with Gasteiger partial charge in [-0.25, -0.2) is 9.78 Å². The third-order valence-corrected chi connectivity index (χ3v) is 3.09. The Balaban J connectivity index is 3.12. The van der Waals surface area contributed by atoms with Gasteiger partial charge in [-0.2, -0.15) is 0 Å². The van der Waals surface area contributed by atoms with Gasteiger partial charge in [0.25, 0.3) is 0 Å². The van der Waals surface area contributed by atoms with Crippen molar-refractivity contribution in [2.24, 2.45) is 5.41 Å². The molecule has 1 amide bonds. The smallest absolute Gasteiger partial charge is 0.330 e. The Bertz CT molecular complexity index is 599. The lowest BCUT2D eigenvalue weighted by Crippen LogP contribution is -2.28. The van der Waals surface area contributed by atoms with Gasteiger partial charge in [-0.15, -0.1) is 0 Å². The Morgan fingerprint density at radius 2 is 1.95 bits per heavy atom. The molecule has 0 unspecified atom stereocenters. The zero-order valence-corrected chi connectivity index (χ0v) is 14.1. The van der Waals surface area contributed by atoms with Crippen LogP contribution in [0.1, 0.15) is 44.5 Å². The van der Waals surface area contributed by atoms with Crippen LogP contribution in [0.15, 0.2) is 12.1 Å². The number of aromatic nitrogens is 1. The van der Waals surface area contributed by atoms with Crippen molar-refractivity contribution in [1.82, 2.24) is 4.98 Å². The van der Waals surface area contributed by atoms with E-state index in [2.05, 4.69) is 10.3 Å². The van der Waals surface area contributed by atoms with Crippen molar-refractivity contribution in [2.75, 3.05) is 11.9 Å². The molecule has 5 nitrogen and oxygen atoms in total. The van der Waals surface area contributed by atoms with E-state index in [-0.39, 0.29) is 5.91 Å². The molecule has 0 radical (unpaired) electrons. The number of pyridine rings is 1. The Hall–Kier alpha value is -2.17. The summed E-state index contributed by atoms with van der Waals surface area (Å²) in [4.78, 5) is 28.0. The summed E-state index contributed by atoms with van der Waals surface area (Å²) in [5.74, 6) is -0.105. The lowest BCUT2D eigenvalue weighted by molar-refractivity contribution is -0.137. The Morgan fingerprint density at radius 1 is 1.32 bits per heavy atom. The highest BCUT2D eigenvalue weighted by Crippen LogP contribution is 2.22. The van der Waals surface area contributed by atoms with Crippen LogP contribution in [0.3, 0.4) is 0 Å². The quantitative estimate of drug-likeness (QED) is 0.685. The molecule has 0 aliphatic rings. The number of hydrogen-bond donors (Lipinski definition) is 1. The van der Waals surface area contributed by atoms with Crippen molar-refractivity contribution in [1.29, 1.82) is 0 Å². The van der Waals surface area contributed by atoms with Gasteiger partial charge in [0.15, 0.2) is 0 Å². The first kappa shape index (κ1) is 17.9. The number of amides is 1. The normalized spacial score (nSPS) is 11.5. The molecule has 0 fully saturated rings. The molecule has 5 heteroatoms. The second-order valence-electron chi connectivity index (χ2n) is 6.12. The van der Waals surface area contributed by atoms with E-state index in [1.54, 1.807) is 13.0 Å². The number of nitrogens with one attached hydrogen (secondary N) is 1. The van der Waals surface area contributed by atoms with E-state index in [0.717, 1.165) is 11.3 Å². The van der Waals surface area contributed by atoms with Gasteiger partial charge in [0, 0.05) is 22.7 Å². The maximum Gasteiger partial charge on any atom is 0.330 e. The van der Waals surface area contributed by atoms with Crippen molar-refractivity contribution < 1.29 is 14.3 Å². The SMILES string of the molecule is CCOC(=O)/C=C/c1cc(C)c(C)nc1NC(=O)C(C)(C)C. The molecule has 1 N–H and O–H groups in total. The summed E-state index contributed by atoms with van der Waals surface area (Å²) < 4.78 is 4.86. The van der Waals surface area contributed by atoms with E-state index >= 15 is 0 Å². The van der Waals surface area contributed by atoms with Crippen LogP contribution < -0.4 is 5.32 Å². The molecule has 0 aromatic carbocycles. The molecule has 1 heterocycles. The summed E-state index contributed by atoms with van der Waals surface area (Å²) in [5.41, 5.74) is 1.96. The summed E-state index contributed by atoms with van der Waals surface area (Å²) >= 11 is 0. The standard InChI is InChI=1S/C17H24N2O3/c1-7-22-14(20)9-8-13-10-11(2)12(3)18-15(13)19-16(21)17(4,5)6/h8-10H,7H2,1-6H3,(H,18,19,21)/b9-8+. The van der Waals surface area contributed by atoms with Gasteiger partial charge in [-0.1, -0.05) is 20.8 Å². The second-order valence-corrected chi connectivity index (χ2v) is 6.12. The maximum atomic E-state index is 12.2. The monoisotopic (exact) mass is 304 g/mol. The molecule has 1 aromatic heterocycles. The molecule has 0 aliphatic carbocycles. The van der Waals surface area contributed by atoms with Crippen molar-refractivity contribution >= 4 is 23.8 Å². The molecule has 120 valence electrons. The summed E-state index contributed by atoms with van der Waals surface area (Å²) in [6.07, 6.45) is 2.94. The van der Waals surface area contributed by atoms with E-state index in [9.17, 15) is 9.59 Å². The molecule has 0 aliphatic heterocycles. The van der Waals surface area contributed by atoms with Crippen molar-refractivity contribution in [3.05, 3.63) is 29.0 Å². The van der Waals surface area contributed by atoms with Gasteiger partial charge >= 0.3 is 5.97 Å². The number of ether oxygens (including phenoxy) is 1. The van der Waals surface area contributed by atoms with Crippen LogP contribution in [-0.2, 0) is 14.3 Å². The van der Waals surface area contributed by atoms with Gasteiger partial charge in [0.1, 0.15) is 5.82 Å². The molecule has 0 bridgehead atoms. The highest BCUT2D eigenvalue weighted by molar-refractivity contribution is 5.96. The Labute approximate surface area is 131 Å². The number of rotatable bonds is 4. The number of hydrogen-bond acceptors (Lipinski definition) is 4. The topological polar surface area (TPSA) is 68.3 Å². The van der Waals surface area contributed by atoms with E-state index in [1.165, 1.54) is 6.08 Å². The number of carbonyl (C=O) groups is 2. The second kappa shape index (κ2) is 7.20. The third kappa shape index (κ3) is 4.98. The molecule has 0 spiro atoms. The summed E-state index contributed by atoms with van der Waals surface area (Å²) in [6.45, 7) is 11.4. The van der Waals surface area contributed by atoms with E-state index in [1.807, 2.05) is 40.7 Å². The largest absolute Gasteiger partial charge is 0.463 e. The Kier molecular flexibility index (Phi) is 5.85. The fourth-order valence-corrected chi connectivity index (χ4v) is 1.60. The lowest BCUT2D eigenvalue weighted by atomic mass is 9.95. The molecule has 1 aromatic rings. The first-order valence-electron chi connectivity index (χ1n) is 7.29. The molecule has 0 saturated heterocycles. The van der Waals surface area contributed by atoms with Crippen LogP contribution in [0.2, 0.25) is 0 Å². The minimum absolute atomic E-state index is 0.131. The van der Waals surface area contributed by atoms with Gasteiger partial charge in [-0.3, -0.25) is 4.79 Å². The fraction of sp³-hybridized carbons (Fsp3) is 0.471. The summed E-state index contributed by atoms with van der Waals surface area (Å²) in [6, 6.07) is 1.89. The van der Waals surface area contributed by atoms with Gasteiger partial charge in [0.2, 0.25) is 5.91 Å². The predicted molar refractivity (Wildman–Crippen MR) is 87.5 cm³/mol. The first-order valence-corrected chi connectivity index (χ1v) is 7.29. The number of carbonyl (C=O) groups excluding carboxylic acids is 2. The number of anilines is 1. The van der Waals surface area contributed by atoms with Crippen LogP contribution in [-0.4, -0.2) is 23.5 Å². The third-order valence-electron chi connectivity index (χ3n) is 3.09. The maximum absolute atomic E-state index is 12.2. The van der Waals surface area contributed by atoms with Crippen molar-refractivity contribution in [2.45, 2.75) is 41.5 Å². The average molecular weight is 304 g/mol. The van der Waals surface area contributed by atoms with Crippen LogP contribution in [0.5, 0.6) is 0 Å². The van der Waals surface area contributed by atoms with Crippen molar-refractivity contribution in [3.63, 3.8) is 0 Å². The van der Waals surface area contributed by atoms with E-state index in [4.69, 9.17) is 4.74 Å². The molecule has 0 saturated carbocycles. The molecule has 1 rings (SSSR count). The molecule has 22 heavy (non-hydrogen) atoms. The first-order chi connectivity index (χ1) is 10.1.